The second-order valence-corrected chi connectivity index (χ2v) is 5.26. The lowest BCUT2D eigenvalue weighted by Crippen LogP contribution is -2.39. The zero-order valence-corrected chi connectivity index (χ0v) is 12.4. The topological polar surface area (TPSA) is 32.7 Å². The lowest BCUT2D eigenvalue weighted by molar-refractivity contribution is 0.00361. The smallest absolute Gasteiger partial charge is 0.124 e. The molecule has 1 atom stereocenters. The van der Waals surface area contributed by atoms with Gasteiger partial charge in [-0.2, -0.15) is 0 Å². The van der Waals surface area contributed by atoms with Crippen LogP contribution in [0.2, 0.25) is 0 Å². The molecule has 1 aliphatic rings. The van der Waals surface area contributed by atoms with E-state index in [2.05, 4.69) is 16.7 Å². The molecule has 2 rings (SSSR count). The predicted octanol–water partition coefficient (Wildman–Crippen LogP) is 2.17. The zero-order valence-electron chi connectivity index (χ0n) is 12.4. The monoisotopic (exact) mass is 291 g/mol. The van der Waals surface area contributed by atoms with Crippen molar-refractivity contribution in [3.63, 3.8) is 0 Å². The average Bonchev–Trinajstić information content (AvgIpc) is 2.45. The van der Waals surface area contributed by atoms with Crippen molar-refractivity contribution in [1.29, 1.82) is 0 Å². The highest BCUT2D eigenvalue weighted by atomic mass is 19.1. The Labute approximate surface area is 125 Å². The van der Waals surface area contributed by atoms with Gasteiger partial charge in [-0.3, -0.25) is 4.90 Å². The van der Waals surface area contributed by atoms with Crippen molar-refractivity contribution in [3.8, 4) is 11.8 Å². The number of halogens is 1. The maximum absolute atomic E-state index is 13.6. The molecule has 0 amide bonds. The maximum atomic E-state index is 13.6. The zero-order chi connectivity index (χ0) is 15.1. The van der Waals surface area contributed by atoms with Crippen LogP contribution in [-0.2, 0) is 11.3 Å². The molecule has 1 heterocycles. The van der Waals surface area contributed by atoms with Gasteiger partial charge in [0, 0.05) is 25.3 Å². The summed E-state index contributed by atoms with van der Waals surface area (Å²) in [5.74, 6) is 5.03. The van der Waals surface area contributed by atoms with Crippen LogP contribution in [-0.4, -0.2) is 42.4 Å². The van der Waals surface area contributed by atoms with E-state index in [9.17, 15) is 4.39 Å². The summed E-state index contributed by atoms with van der Waals surface area (Å²) in [6.07, 6.45) is 2.49. The van der Waals surface area contributed by atoms with Crippen molar-refractivity contribution in [2.24, 2.45) is 0 Å². The van der Waals surface area contributed by atoms with Crippen LogP contribution in [0.3, 0.4) is 0 Å². The predicted molar refractivity (Wildman–Crippen MR) is 80.3 cm³/mol. The van der Waals surface area contributed by atoms with Gasteiger partial charge in [0.15, 0.2) is 0 Å². The molecule has 1 unspecified atom stereocenters. The Morgan fingerprint density at radius 3 is 3.05 bits per heavy atom. The number of likely N-dealkylation sites (tertiary alicyclic amines) is 1. The molecule has 0 spiro atoms. The number of aliphatic hydroxyl groups excluding tert-OH is 1. The molecule has 0 aliphatic carbocycles. The molecule has 0 aromatic heterocycles. The number of hydrogen-bond donors (Lipinski definition) is 1. The van der Waals surface area contributed by atoms with Crippen LogP contribution in [0, 0.1) is 17.7 Å². The first kappa shape index (κ1) is 16.0. The fourth-order valence-corrected chi connectivity index (χ4v) is 2.74. The van der Waals surface area contributed by atoms with E-state index >= 15 is 0 Å². The lowest BCUT2D eigenvalue weighted by atomic mass is 10.1. The molecule has 3 nitrogen and oxygen atoms in total. The van der Waals surface area contributed by atoms with Gasteiger partial charge in [0.05, 0.1) is 6.10 Å². The van der Waals surface area contributed by atoms with Crippen molar-refractivity contribution >= 4 is 0 Å². The molecule has 0 radical (unpaired) electrons. The molecular weight excluding hydrogens is 269 g/mol. The molecule has 1 fully saturated rings. The van der Waals surface area contributed by atoms with Crippen LogP contribution in [0.5, 0.6) is 0 Å². The van der Waals surface area contributed by atoms with E-state index in [0.717, 1.165) is 38.1 Å². The number of rotatable bonds is 4. The highest BCUT2D eigenvalue weighted by molar-refractivity contribution is 5.37. The quantitative estimate of drug-likeness (QED) is 0.863. The first-order valence-corrected chi connectivity index (χ1v) is 7.44. The Balaban J connectivity index is 2.03. The van der Waals surface area contributed by atoms with Crippen LogP contribution >= 0.6 is 0 Å². The summed E-state index contributed by atoms with van der Waals surface area (Å²) < 4.78 is 19.3. The first-order valence-electron chi connectivity index (χ1n) is 7.44. The third-order valence-corrected chi connectivity index (χ3v) is 3.54. The summed E-state index contributed by atoms with van der Waals surface area (Å²) in [6, 6.07) is 4.83. The molecule has 4 heteroatoms. The van der Waals surface area contributed by atoms with Crippen LogP contribution in [0.15, 0.2) is 18.2 Å². The SMILES string of the molecule is CCOC1CCCN(Cc2cc(F)cc(C#CCO)c2)C1. The number of nitrogens with zero attached hydrogens (tertiary/aromatic N) is 1. The minimum Gasteiger partial charge on any atom is -0.384 e. The number of piperidine rings is 1. The van der Waals surface area contributed by atoms with E-state index in [1.165, 1.54) is 6.07 Å². The number of ether oxygens (including phenoxy) is 1. The Morgan fingerprint density at radius 2 is 2.29 bits per heavy atom. The molecule has 114 valence electrons. The summed E-state index contributed by atoms with van der Waals surface area (Å²) in [7, 11) is 0. The van der Waals surface area contributed by atoms with E-state index in [1.54, 1.807) is 6.07 Å². The highest BCUT2D eigenvalue weighted by Gasteiger charge is 2.20. The largest absolute Gasteiger partial charge is 0.384 e. The molecule has 21 heavy (non-hydrogen) atoms. The molecule has 1 N–H and O–H groups in total. The average molecular weight is 291 g/mol. The third-order valence-electron chi connectivity index (χ3n) is 3.54. The van der Waals surface area contributed by atoms with Gasteiger partial charge < -0.3 is 9.84 Å². The lowest BCUT2D eigenvalue weighted by Gasteiger charge is -2.32. The highest BCUT2D eigenvalue weighted by Crippen LogP contribution is 2.17. The Morgan fingerprint density at radius 1 is 1.43 bits per heavy atom. The third kappa shape index (κ3) is 5.13. The van der Waals surface area contributed by atoms with E-state index in [0.29, 0.717) is 12.1 Å². The summed E-state index contributed by atoms with van der Waals surface area (Å²) in [5, 5.41) is 8.72. The van der Waals surface area contributed by atoms with Crippen molar-refractivity contribution in [1.82, 2.24) is 4.90 Å². The van der Waals surface area contributed by atoms with Crippen molar-refractivity contribution in [2.45, 2.75) is 32.4 Å². The van der Waals surface area contributed by atoms with Gasteiger partial charge in [-0.25, -0.2) is 4.39 Å². The molecular formula is C17H22FNO2. The van der Waals surface area contributed by atoms with Gasteiger partial charge >= 0.3 is 0 Å². The maximum Gasteiger partial charge on any atom is 0.124 e. The van der Waals surface area contributed by atoms with Crippen LogP contribution in [0.25, 0.3) is 0 Å². The summed E-state index contributed by atoms with van der Waals surface area (Å²) in [5.41, 5.74) is 1.52. The Hall–Kier alpha value is -1.41. The summed E-state index contributed by atoms with van der Waals surface area (Å²) in [6.45, 7) is 5.14. The summed E-state index contributed by atoms with van der Waals surface area (Å²) >= 11 is 0. The van der Waals surface area contributed by atoms with E-state index in [1.807, 2.05) is 13.0 Å². The number of hydrogen-bond acceptors (Lipinski definition) is 3. The molecule has 1 saturated heterocycles. The van der Waals surface area contributed by atoms with Crippen molar-refractivity contribution < 1.29 is 14.2 Å². The molecule has 1 aromatic carbocycles. The Kier molecular flexibility index (Phi) is 6.19. The fraction of sp³-hybridized carbons (Fsp3) is 0.529. The van der Waals surface area contributed by atoms with Gasteiger partial charge in [0.25, 0.3) is 0 Å². The minimum atomic E-state index is -0.284. The van der Waals surface area contributed by atoms with Crippen molar-refractivity contribution in [3.05, 3.63) is 35.1 Å². The molecule has 1 aliphatic heterocycles. The second kappa shape index (κ2) is 8.14. The second-order valence-electron chi connectivity index (χ2n) is 5.26. The molecule has 0 bridgehead atoms. The van der Waals surface area contributed by atoms with Crippen LogP contribution < -0.4 is 0 Å². The van der Waals surface area contributed by atoms with Gasteiger partial charge in [0.2, 0.25) is 0 Å². The Bertz CT molecular complexity index is 519. The van der Waals surface area contributed by atoms with Gasteiger partial charge in [-0.05, 0) is 50.1 Å². The number of aliphatic hydroxyl groups is 1. The van der Waals surface area contributed by atoms with Crippen molar-refractivity contribution in [2.75, 3.05) is 26.3 Å². The molecule has 0 saturated carbocycles. The van der Waals surface area contributed by atoms with Crippen LogP contribution in [0.1, 0.15) is 30.9 Å². The molecule has 1 aromatic rings. The van der Waals surface area contributed by atoms with Gasteiger partial charge in [-0.1, -0.05) is 11.8 Å². The first-order chi connectivity index (χ1) is 10.2. The normalized spacial score (nSPS) is 19.1. The van der Waals surface area contributed by atoms with Gasteiger partial charge in [-0.15, -0.1) is 0 Å². The van der Waals surface area contributed by atoms with Crippen LogP contribution in [0.4, 0.5) is 4.39 Å². The van der Waals surface area contributed by atoms with E-state index in [-0.39, 0.29) is 18.5 Å². The fourth-order valence-electron chi connectivity index (χ4n) is 2.74. The standard InChI is InChI=1S/C17H22FNO2/c1-2-21-17-6-3-7-19(13-17)12-15-9-14(5-4-8-20)10-16(18)11-15/h9-11,17,20H,2-3,6-8,12-13H2,1H3. The van der Waals surface area contributed by atoms with E-state index < -0.39 is 0 Å². The summed E-state index contributed by atoms with van der Waals surface area (Å²) in [4.78, 5) is 2.29. The number of benzene rings is 1. The van der Waals surface area contributed by atoms with Gasteiger partial charge in [0.1, 0.15) is 12.4 Å². The minimum absolute atomic E-state index is 0.214. The van der Waals surface area contributed by atoms with E-state index in [4.69, 9.17) is 9.84 Å².